The summed E-state index contributed by atoms with van der Waals surface area (Å²) >= 11 is 0. The Labute approximate surface area is 229 Å². The molecule has 0 aliphatic carbocycles. The highest BCUT2D eigenvalue weighted by atomic mass is 16.7. The summed E-state index contributed by atoms with van der Waals surface area (Å²) in [7, 11) is 3.29. The van der Waals surface area contributed by atoms with E-state index < -0.39 is 23.8 Å². The number of likely N-dealkylation sites (N-methyl/N-ethyl adjacent to an activating group) is 1. The summed E-state index contributed by atoms with van der Waals surface area (Å²) in [5.41, 5.74) is 6.54. The van der Waals surface area contributed by atoms with E-state index >= 15 is 0 Å². The van der Waals surface area contributed by atoms with E-state index in [1.807, 2.05) is 11.0 Å². The molecule has 3 aliphatic heterocycles. The largest absolute Gasteiger partial charge is 0.493 e. The molecule has 0 aromatic heterocycles. The lowest BCUT2D eigenvalue weighted by Gasteiger charge is -2.30. The number of carbonyl (C=O) groups is 3. The molecular weight excluding hydrogens is 506 g/mol. The molecule has 12 nitrogen and oxygen atoms in total. The van der Waals surface area contributed by atoms with Gasteiger partial charge in [-0.2, -0.15) is 0 Å². The first kappa shape index (κ1) is 28.8. The van der Waals surface area contributed by atoms with E-state index in [-0.39, 0.29) is 25.3 Å². The molecule has 0 bridgehead atoms. The van der Waals surface area contributed by atoms with Crippen molar-refractivity contribution >= 4 is 17.9 Å². The van der Waals surface area contributed by atoms with E-state index in [2.05, 4.69) is 6.92 Å². The van der Waals surface area contributed by atoms with Crippen LogP contribution in [0.3, 0.4) is 0 Å². The van der Waals surface area contributed by atoms with Gasteiger partial charge in [0.1, 0.15) is 0 Å². The van der Waals surface area contributed by atoms with Crippen molar-refractivity contribution in [3.05, 3.63) is 17.7 Å². The number of nitrogens with zero attached hydrogens (tertiary/aromatic N) is 4. The second-order valence-electron chi connectivity index (χ2n) is 10.4. The number of likely N-dealkylation sites (tertiary alicyclic amines) is 1. The van der Waals surface area contributed by atoms with Gasteiger partial charge < -0.3 is 39.8 Å². The molecular formula is C27H41N5O7. The Morgan fingerprint density at radius 1 is 1.23 bits per heavy atom. The van der Waals surface area contributed by atoms with Gasteiger partial charge in [-0.15, -0.1) is 0 Å². The highest BCUT2D eigenvalue weighted by molar-refractivity contribution is 5.79. The number of ether oxygens (including phenoxy) is 3. The van der Waals surface area contributed by atoms with Gasteiger partial charge in [0.25, 0.3) is 0 Å². The number of carbonyl (C=O) groups excluding carboxylic acids is 2. The van der Waals surface area contributed by atoms with E-state index in [1.54, 1.807) is 27.8 Å². The third-order valence-corrected chi connectivity index (χ3v) is 8.01. The van der Waals surface area contributed by atoms with E-state index in [9.17, 15) is 19.5 Å². The predicted octanol–water partition coefficient (Wildman–Crippen LogP) is 1.24. The molecule has 0 saturated carbocycles. The third-order valence-electron chi connectivity index (χ3n) is 8.01. The number of benzene rings is 1. The fraction of sp³-hybridized carbons (Fsp3) is 0.667. The Morgan fingerprint density at radius 2 is 2.03 bits per heavy atom. The van der Waals surface area contributed by atoms with Crippen LogP contribution in [0, 0.1) is 5.92 Å². The maximum absolute atomic E-state index is 13.4. The molecule has 216 valence electrons. The van der Waals surface area contributed by atoms with Gasteiger partial charge in [-0.05, 0) is 30.5 Å². The number of hydrogen-bond donors (Lipinski definition) is 2. The number of unbranched alkanes of at least 4 members (excludes halogenated alkanes) is 1. The van der Waals surface area contributed by atoms with Gasteiger partial charge in [0, 0.05) is 64.8 Å². The third kappa shape index (κ3) is 6.17. The van der Waals surface area contributed by atoms with Crippen LogP contribution in [0.2, 0.25) is 0 Å². The molecule has 1 aromatic rings. The van der Waals surface area contributed by atoms with Gasteiger partial charge in [-0.25, -0.2) is 4.79 Å². The summed E-state index contributed by atoms with van der Waals surface area (Å²) in [6.07, 6.45) is 2.26. The highest BCUT2D eigenvalue weighted by Crippen LogP contribution is 2.47. The summed E-state index contributed by atoms with van der Waals surface area (Å²) in [5.74, 6) is -0.723. The predicted molar refractivity (Wildman–Crippen MR) is 143 cm³/mol. The van der Waals surface area contributed by atoms with Crippen LogP contribution < -0.4 is 19.9 Å². The summed E-state index contributed by atoms with van der Waals surface area (Å²) in [4.78, 5) is 45.9. The van der Waals surface area contributed by atoms with Crippen LogP contribution >= 0.6 is 0 Å². The number of carboxylic acids is 1. The summed E-state index contributed by atoms with van der Waals surface area (Å²) in [6.45, 7) is 5.68. The van der Waals surface area contributed by atoms with Crippen LogP contribution in [0.1, 0.15) is 37.7 Å². The summed E-state index contributed by atoms with van der Waals surface area (Å²) < 4.78 is 16.6. The monoisotopic (exact) mass is 547 g/mol. The second kappa shape index (κ2) is 12.7. The number of methoxy groups -OCH3 is 1. The van der Waals surface area contributed by atoms with Crippen molar-refractivity contribution in [2.24, 2.45) is 11.7 Å². The Hall–Kier alpha value is -3.25. The van der Waals surface area contributed by atoms with Crippen molar-refractivity contribution in [3.8, 4) is 17.2 Å². The van der Waals surface area contributed by atoms with E-state index in [0.29, 0.717) is 69.5 Å². The standard InChI is InChI=1S/C27H41N5O7/c1-4-5-8-30(10-7-28)23(33)16-32-15-19(18-13-21(37-3)25-22(14-18)38-17-39-25)24(26(34)35)20(32)6-9-31-12-11-29(2)27(31)36/h13-14,19-20,24H,4-12,15-17,28H2,1-3H3,(H,34,35). The van der Waals surface area contributed by atoms with E-state index in [0.717, 1.165) is 18.4 Å². The number of hydrogen-bond acceptors (Lipinski definition) is 8. The van der Waals surface area contributed by atoms with Crippen molar-refractivity contribution in [3.63, 3.8) is 0 Å². The zero-order chi connectivity index (χ0) is 28.1. The zero-order valence-electron chi connectivity index (χ0n) is 23.1. The Kier molecular flexibility index (Phi) is 9.39. The van der Waals surface area contributed by atoms with E-state index in [1.165, 1.54) is 7.11 Å². The minimum Gasteiger partial charge on any atom is -0.493 e. The molecule has 3 unspecified atom stereocenters. The number of aliphatic carboxylic acids is 1. The van der Waals surface area contributed by atoms with Crippen LogP contribution in [-0.4, -0.2) is 122 Å². The SMILES string of the molecule is CCCCN(CCN)C(=O)CN1CC(c2cc(OC)c3c(c2)OCO3)C(C(=O)O)C1CCN1CCN(C)C1=O. The highest BCUT2D eigenvalue weighted by Gasteiger charge is 2.48. The maximum Gasteiger partial charge on any atom is 0.319 e. The molecule has 0 radical (unpaired) electrons. The van der Waals surface area contributed by atoms with Crippen molar-refractivity contribution in [1.82, 2.24) is 19.6 Å². The Morgan fingerprint density at radius 3 is 2.67 bits per heavy atom. The molecule has 39 heavy (non-hydrogen) atoms. The zero-order valence-corrected chi connectivity index (χ0v) is 23.1. The number of urea groups is 1. The number of rotatable bonds is 13. The Balaban J connectivity index is 1.62. The molecule has 2 fully saturated rings. The minimum atomic E-state index is -0.939. The number of nitrogens with two attached hydrogens (primary N) is 1. The molecule has 2 saturated heterocycles. The molecule has 3 heterocycles. The first-order chi connectivity index (χ1) is 18.8. The fourth-order valence-electron chi connectivity index (χ4n) is 5.89. The molecule has 3 amide bonds. The lowest BCUT2D eigenvalue weighted by molar-refractivity contribution is -0.143. The van der Waals surface area contributed by atoms with Crippen LogP contribution in [-0.2, 0) is 9.59 Å². The molecule has 1 aromatic carbocycles. The van der Waals surface area contributed by atoms with E-state index in [4.69, 9.17) is 19.9 Å². The van der Waals surface area contributed by atoms with Crippen LogP contribution in [0.15, 0.2) is 12.1 Å². The smallest absolute Gasteiger partial charge is 0.319 e. The van der Waals surface area contributed by atoms with Crippen molar-refractivity contribution in [2.75, 3.05) is 73.3 Å². The summed E-state index contributed by atoms with van der Waals surface area (Å²) in [6, 6.07) is 3.11. The van der Waals surface area contributed by atoms with Crippen molar-refractivity contribution in [2.45, 2.75) is 38.1 Å². The van der Waals surface area contributed by atoms with Gasteiger partial charge in [0.15, 0.2) is 11.5 Å². The molecule has 12 heteroatoms. The minimum absolute atomic E-state index is 0.0618. The molecule has 3 N–H and O–H groups in total. The van der Waals surface area contributed by atoms with Crippen LogP contribution in [0.4, 0.5) is 4.79 Å². The first-order valence-electron chi connectivity index (χ1n) is 13.7. The lowest BCUT2D eigenvalue weighted by atomic mass is 9.84. The van der Waals surface area contributed by atoms with Gasteiger partial charge >= 0.3 is 12.0 Å². The number of amides is 3. The van der Waals surface area contributed by atoms with Gasteiger partial charge in [-0.3, -0.25) is 14.5 Å². The molecule has 0 spiro atoms. The number of carboxylic acid groups (broad SMARTS) is 1. The number of fused-ring (bicyclic) bond motifs is 1. The van der Waals surface area contributed by atoms with Gasteiger partial charge in [0.05, 0.1) is 19.6 Å². The van der Waals surface area contributed by atoms with Crippen LogP contribution in [0.5, 0.6) is 17.2 Å². The molecule has 3 atom stereocenters. The van der Waals surface area contributed by atoms with Gasteiger partial charge in [-0.1, -0.05) is 13.3 Å². The molecule has 3 aliphatic rings. The lowest BCUT2D eigenvalue weighted by Crippen LogP contribution is -2.46. The summed E-state index contributed by atoms with van der Waals surface area (Å²) in [5, 5.41) is 10.5. The quantitative estimate of drug-likeness (QED) is 0.373. The average Bonchev–Trinajstić information content (AvgIpc) is 3.62. The van der Waals surface area contributed by atoms with Crippen LogP contribution in [0.25, 0.3) is 0 Å². The van der Waals surface area contributed by atoms with Crippen molar-refractivity contribution < 1.29 is 33.7 Å². The first-order valence-corrected chi connectivity index (χ1v) is 13.7. The normalized spacial score (nSPS) is 22.6. The maximum atomic E-state index is 13.4. The van der Waals surface area contributed by atoms with Crippen molar-refractivity contribution in [1.29, 1.82) is 0 Å². The average molecular weight is 548 g/mol. The topological polar surface area (TPSA) is 138 Å². The van der Waals surface area contributed by atoms with Gasteiger partial charge in [0.2, 0.25) is 18.4 Å². The second-order valence-corrected chi connectivity index (χ2v) is 10.4. The molecule has 4 rings (SSSR count). The Bertz CT molecular complexity index is 1050. The fourth-order valence-corrected chi connectivity index (χ4v) is 5.89.